The number of carbonyl (C=O) groups excluding carboxylic acids is 1. The summed E-state index contributed by atoms with van der Waals surface area (Å²) in [4.78, 5) is 14.9. The van der Waals surface area contributed by atoms with E-state index in [0.717, 1.165) is 11.3 Å². The lowest BCUT2D eigenvalue weighted by molar-refractivity contribution is -0.114. The number of fused-ring (bicyclic) bond motifs is 1. The predicted molar refractivity (Wildman–Crippen MR) is 46.6 cm³/mol. The van der Waals surface area contributed by atoms with Crippen LogP contribution in [-0.2, 0) is 4.79 Å². The molecule has 0 atom stereocenters. The lowest BCUT2D eigenvalue weighted by atomic mass is 9.97. The van der Waals surface area contributed by atoms with Gasteiger partial charge in [-0.1, -0.05) is 12.2 Å². The minimum atomic E-state index is -0.361. The molecular weight excluding hydrogens is 152 g/mol. The Morgan fingerprint density at radius 1 is 1.50 bits per heavy atom. The number of allylic oxidation sites excluding steroid dienone is 4. The van der Waals surface area contributed by atoms with E-state index in [4.69, 9.17) is 5.73 Å². The predicted octanol–water partition coefficient (Wildman–Crippen LogP) is 0.697. The summed E-state index contributed by atoms with van der Waals surface area (Å²) in [5.74, 6) is -0.361. The molecule has 60 valence electrons. The molecule has 1 heterocycles. The number of carbonyl (C=O) groups is 1. The second kappa shape index (κ2) is 2.44. The molecule has 0 bridgehead atoms. The summed E-state index contributed by atoms with van der Waals surface area (Å²) in [6.45, 7) is 0. The van der Waals surface area contributed by atoms with E-state index in [1.54, 1.807) is 12.3 Å². The topological polar surface area (TPSA) is 55.5 Å². The fourth-order valence-electron chi connectivity index (χ4n) is 1.28. The summed E-state index contributed by atoms with van der Waals surface area (Å²) >= 11 is 0. The molecule has 1 aliphatic carbocycles. The smallest absolute Gasteiger partial charge is 0.245 e. The van der Waals surface area contributed by atoms with Crippen molar-refractivity contribution >= 4 is 11.6 Å². The first kappa shape index (κ1) is 7.03. The van der Waals surface area contributed by atoms with E-state index < -0.39 is 0 Å². The van der Waals surface area contributed by atoms with Gasteiger partial charge in [-0.15, -0.1) is 0 Å². The molecule has 3 heteroatoms. The summed E-state index contributed by atoms with van der Waals surface area (Å²) < 4.78 is 0. The molecule has 0 aromatic heterocycles. The maximum absolute atomic E-state index is 10.8. The molecule has 0 aromatic carbocycles. The van der Waals surface area contributed by atoms with E-state index in [9.17, 15) is 4.79 Å². The SMILES string of the molecule is NC(=O)C1=CC=C2C=CN=C2C1. The maximum atomic E-state index is 10.8. The monoisotopic (exact) mass is 160 g/mol. The number of rotatable bonds is 1. The van der Waals surface area contributed by atoms with Crippen molar-refractivity contribution in [3.8, 4) is 0 Å². The molecule has 1 aliphatic heterocycles. The van der Waals surface area contributed by atoms with Gasteiger partial charge in [-0.05, 0) is 11.6 Å². The van der Waals surface area contributed by atoms with Gasteiger partial charge >= 0.3 is 0 Å². The standard InChI is InChI=1S/C9H8N2O/c10-9(12)7-2-1-6-3-4-11-8(6)5-7/h1-4H,5H2,(H2,10,12). The van der Waals surface area contributed by atoms with Crippen molar-refractivity contribution in [2.75, 3.05) is 0 Å². The molecule has 2 rings (SSSR count). The molecule has 0 radical (unpaired) electrons. The molecule has 3 nitrogen and oxygen atoms in total. The van der Waals surface area contributed by atoms with Crippen LogP contribution in [0.15, 0.2) is 40.6 Å². The van der Waals surface area contributed by atoms with Crippen molar-refractivity contribution in [3.63, 3.8) is 0 Å². The number of hydrogen-bond donors (Lipinski definition) is 1. The van der Waals surface area contributed by atoms with Crippen molar-refractivity contribution in [2.24, 2.45) is 10.7 Å². The van der Waals surface area contributed by atoms with Crippen LogP contribution in [0.1, 0.15) is 6.42 Å². The van der Waals surface area contributed by atoms with Gasteiger partial charge in [0.2, 0.25) is 5.91 Å². The highest BCUT2D eigenvalue weighted by Crippen LogP contribution is 2.20. The fourth-order valence-corrected chi connectivity index (χ4v) is 1.28. The van der Waals surface area contributed by atoms with Gasteiger partial charge in [-0.2, -0.15) is 0 Å². The number of nitrogens with two attached hydrogens (primary N) is 1. The second-order valence-electron chi connectivity index (χ2n) is 2.75. The Balaban J connectivity index is 2.33. The Morgan fingerprint density at radius 2 is 2.33 bits per heavy atom. The highest BCUT2D eigenvalue weighted by atomic mass is 16.1. The van der Waals surface area contributed by atoms with E-state index >= 15 is 0 Å². The van der Waals surface area contributed by atoms with Crippen LogP contribution in [0.5, 0.6) is 0 Å². The number of aliphatic imine (C=N–C) groups is 1. The minimum absolute atomic E-state index is 0.361. The molecule has 0 unspecified atom stereocenters. The lowest BCUT2D eigenvalue weighted by Crippen LogP contribution is -2.18. The molecular formula is C9H8N2O. The summed E-state index contributed by atoms with van der Waals surface area (Å²) in [6, 6.07) is 0. The van der Waals surface area contributed by atoms with Gasteiger partial charge in [0.1, 0.15) is 0 Å². The molecule has 12 heavy (non-hydrogen) atoms. The first-order valence-corrected chi connectivity index (χ1v) is 3.71. The van der Waals surface area contributed by atoms with Crippen molar-refractivity contribution in [3.05, 3.63) is 35.6 Å². The van der Waals surface area contributed by atoms with Gasteiger partial charge in [-0.25, -0.2) is 0 Å². The fraction of sp³-hybridized carbons (Fsp3) is 0.111. The van der Waals surface area contributed by atoms with Crippen LogP contribution in [0.25, 0.3) is 0 Å². The van der Waals surface area contributed by atoms with Gasteiger partial charge < -0.3 is 5.73 Å². The van der Waals surface area contributed by atoms with Gasteiger partial charge in [-0.3, -0.25) is 9.79 Å². The number of hydrogen-bond acceptors (Lipinski definition) is 2. The zero-order chi connectivity index (χ0) is 8.55. The third-order valence-corrected chi connectivity index (χ3v) is 1.96. The van der Waals surface area contributed by atoms with E-state index in [2.05, 4.69) is 4.99 Å². The number of nitrogens with zero attached hydrogens (tertiary/aromatic N) is 1. The molecule has 2 aliphatic rings. The first-order valence-electron chi connectivity index (χ1n) is 3.71. The average molecular weight is 160 g/mol. The van der Waals surface area contributed by atoms with Crippen LogP contribution in [0.4, 0.5) is 0 Å². The van der Waals surface area contributed by atoms with Crippen molar-refractivity contribution in [1.29, 1.82) is 0 Å². The minimum Gasteiger partial charge on any atom is -0.366 e. The van der Waals surface area contributed by atoms with E-state index in [-0.39, 0.29) is 5.91 Å². The van der Waals surface area contributed by atoms with Crippen molar-refractivity contribution in [2.45, 2.75) is 6.42 Å². The highest BCUT2D eigenvalue weighted by molar-refractivity contribution is 6.11. The summed E-state index contributed by atoms with van der Waals surface area (Å²) in [5, 5.41) is 0. The molecule has 0 spiro atoms. The third-order valence-electron chi connectivity index (χ3n) is 1.96. The zero-order valence-electron chi connectivity index (χ0n) is 6.45. The maximum Gasteiger partial charge on any atom is 0.245 e. The number of amides is 1. The highest BCUT2D eigenvalue weighted by Gasteiger charge is 2.16. The largest absolute Gasteiger partial charge is 0.366 e. The summed E-state index contributed by atoms with van der Waals surface area (Å²) in [5.41, 5.74) is 7.78. The van der Waals surface area contributed by atoms with Gasteiger partial charge in [0.15, 0.2) is 0 Å². The quantitative estimate of drug-likeness (QED) is 0.603. The molecule has 0 aromatic rings. The number of primary amides is 1. The normalized spacial score (nSPS) is 19.5. The molecule has 0 saturated carbocycles. The van der Waals surface area contributed by atoms with Crippen molar-refractivity contribution in [1.82, 2.24) is 0 Å². The Morgan fingerprint density at radius 3 is 3.08 bits per heavy atom. The zero-order valence-corrected chi connectivity index (χ0v) is 6.45. The van der Waals surface area contributed by atoms with Crippen molar-refractivity contribution < 1.29 is 4.79 Å². The van der Waals surface area contributed by atoms with Crippen LogP contribution >= 0.6 is 0 Å². The van der Waals surface area contributed by atoms with Crippen LogP contribution in [0, 0.1) is 0 Å². The van der Waals surface area contributed by atoms with E-state index in [1.165, 1.54) is 0 Å². The van der Waals surface area contributed by atoms with Gasteiger partial charge in [0.25, 0.3) is 0 Å². The summed E-state index contributed by atoms with van der Waals surface area (Å²) in [6.07, 6.45) is 7.84. The Hall–Kier alpha value is -1.64. The Bertz CT molecular complexity index is 359. The van der Waals surface area contributed by atoms with E-state index in [1.807, 2.05) is 12.2 Å². The van der Waals surface area contributed by atoms with Gasteiger partial charge in [0, 0.05) is 18.2 Å². The molecule has 1 amide bonds. The van der Waals surface area contributed by atoms with Gasteiger partial charge in [0.05, 0.1) is 5.71 Å². The molecule has 2 N–H and O–H groups in total. The van der Waals surface area contributed by atoms with Crippen LogP contribution < -0.4 is 5.73 Å². The average Bonchev–Trinajstić information content (AvgIpc) is 2.49. The summed E-state index contributed by atoms with van der Waals surface area (Å²) in [7, 11) is 0. The van der Waals surface area contributed by atoms with Crippen LogP contribution in [0.3, 0.4) is 0 Å². The Kier molecular flexibility index (Phi) is 1.43. The first-order chi connectivity index (χ1) is 5.77. The molecule has 0 saturated heterocycles. The lowest BCUT2D eigenvalue weighted by Gasteiger charge is -2.08. The van der Waals surface area contributed by atoms with Crippen LogP contribution in [0.2, 0.25) is 0 Å². The third kappa shape index (κ3) is 0.993. The molecule has 0 fully saturated rings. The van der Waals surface area contributed by atoms with Crippen LogP contribution in [-0.4, -0.2) is 11.6 Å². The second-order valence-corrected chi connectivity index (χ2v) is 2.75. The Labute approximate surface area is 70.0 Å². The van der Waals surface area contributed by atoms with E-state index in [0.29, 0.717) is 12.0 Å².